The monoisotopic (exact) mass is 283 g/mol. The van der Waals surface area contributed by atoms with E-state index in [2.05, 4.69) is 18.7 Å². The maximum absolute atomic E-state index is 11.9. The van der Waals surface area contributed by atoms with Crippen molar-refractivity contribution in [2.45, 2.75) is 58.4 Å². The molecular formula is C15H27N2O3. The van der Waals surface area contributed by atoms with Gasteiger partial charge in [-0.25, -0.2) is 5.11 Å². The number of carbonyl (C=O) groups excluding carboxylic acids is 1. The minimum Gasteiger partial charge on any atom is -0.355 e. The van der Waals surface area contributed by atoms with E-state index in [-0.39, 0.29) is 5.91 Å². The molecule has 5 nitrogen and oxygen atoms in total. The first-order valence-corrected chi connectivity index (χ1v) is 7.77. The molecule has 2 aliphatic heterocycles. The fourth-order valence-corrected chi connectivity index (χ4v) is 3.21. The van der Waals surface area contributed by atoms with Crippen LogP contribution < -0.4 is 0 Å². The molecule has 1 radical (unpaired) electrons. The number of hydrogen-bond donors (Lipinski definition) is 0. The Morgan fingerprint density at radius 1 is 1.30 bits per heavy atom. The Bertz CT molecular complexity index is 335. The van der Waals surface area contributed by atoms with Crippen LogP contribution in [0.4, 0.5) is 0 Å². The second-order valence-electron chi connectivity index (χ2n) is 6.36. The quantitative estimate of drug-likeness (QED) is 0.785. The van der Waals surface area contributed by atoms with E-state index in [1.54, 1.807) is 4.90 Å². The highest BCUT2D eigenvalue weighted by Gasteiger charge is 2.37. The Balaban J connectivity index is 1.83. The van der Waals surface area contributed by atoms with Crippen molar-refractivity contribution in [1.82, 2.24) is 9.80 Å². The van der Waals surface area contributed by atoms with Crippen molar-refractivity contribution >= 4 is 5.91 Å². The first kappa shape index (κ1) is 15.7. The van der Waals surface area contributed by atoms with Gasteiger partial charge in [-0.2, -0.15) is 0 Å². The molecule has 3 unspecified atom stereocenters. The van der Waals surface area contributed by atoms with Crippen LogP contribution in [0, 0.1) is 5.92 Å². The van der Waals surface area contributed by atoms with Crippen LogP contribution in [0.3, 0.4) is 0 Å². The summed E-state index contributed by atoms with van der Waals surface area (Å²) >= 11 is 0. The van der Waals surface area contributed by atoms with E-state index < -0.39 is 12.3 Å². The van der Waals surface area contributed by atoms with E-state index in [0.29, 0.717) is 31.5 Å². The van der Waals surface area contributed by atoms with E-state index in [4.69, 9.17) is 4.74 Å². The Labute approximate surface area is 121 Å². The number of hydrogen-bond acceptors (Lipinski definition) is 3. The van der Waals surface area contributed by atoms with Gasteiger partial charge in [0, 0.05) is 26.1 Å². The third-order valence-corrected chi connectivity index (χ3v) is 4.47. The highest BCUT2D eigenvalue weighted by Crippen LogP contribution is 2.23. The van der Waals surface area contributed by atoms with Gasteiger partial charge in [0.1, 0.15) is 6.10 Å². The minimum absolute atomic E-state index is 0.0548. The molecule has 0 spiro atoms. The van der Waals surface area contributed by atoms with Gasteiger partial charge in [-0.3, -0.25) is 4.79 Å². The van der Waals surface area contributed by atoms with E-state index in [1.165, 1.54) is 13.3 Å². The van der Waals surface area contributed by atoms with Crippen molar-refractivity contribution in [1.29, 1.82) is 0 Å². The average Bonchev–Trinajstić information content (AvgIpc) is 2.78. The molecule has 2 rings (SSSR count). The van der Waals surface area contributed by atoms with Gasteiger partial charge in [0.2, 0.25) is 5.91 Å². The number of nitrogens with zero attached hydrogens (tertiary/aromatic N) is 2. The molecule has 2 aliphatic rings. The Morgan fingerprint density at radius 2 is 2.05 bits per heavy atom. The average molecular weight is 283 g/mol. The number of carbonyl (C=O) groups is 1. The van der Waals surface area contributed by atoms with Crippen molar-refractivity contribution in [2.24, 2.45) is 5.92 Å². The molecule has 0 aromatic rings. The smallest absolute Gasteiger partial charge is 0.221 e. The van der Waals surface area contributed by atoms with Gasteiger partial charge in [-0.05, 0) is 45.6 Å². The third-order valence-electron chi connectivity index (χ3n) is 4.47. The molecule has 0 saturated carbocycles. The Kier molecular flexibility index (Phi) is 5.41. The van der Waals surface area contributed by atoms with Gasteiger partial charge >= 0.3 is 0 Å². The molecular weight excluding hydrogens is 256 g/mol. The molecule has 3 atom stereocenters. The summed E-state index contributed by atoms with van der Waals surface area (Å²) in [5.41, 5.74) is 0. The van der Waals surface area contributed by atoms with E-state index in [1.807, 2.05) is 0 Å². The second-order valence-corrected chi connectivity index (χ2v) is 6.36. The molecule has 2 fully saturated rings. The number of ether oxygens (including phenoxy) is 1. The van der Waals surface area contributed by atoms with Crippen LogP contribution in [0.25, 0.3) is 0 Å². The lowest BCUT2D eigenvalue weighted by Gasteiger charge is -2.36. The summed E-state index contributed by atoms with van der Waals surface area (Å²) in [6.45, 7) is 9.26. The van der Waals surface area contributed by atoms with Crippen molar-refractivity contribution < 1.29 is 14.6 Å². The predicted octanol–water partition coefficient (Wildman–Crippen LogP) is 1.50. The molecule has 0 aliphatic carbocycles. The van der Waals surface area contributed by atoms with Gasteiger partial charge in [0.05, 0.1) is 6.61 Å². The maximum atomic E-state index is 11.9. The highest BCUT2D eigenvalue weighted by atomic mass is 16.5. The normalized spacial score (nSPS) is 32.0. The standard InChI is InChI=1S/C15H27N2O3/c1-11(2)16-7-4-5-13(9-16)10-20-15-14(19)6-8-17(15)12(3)18/h11,13-15H,4-10H2,1-3H3. The summed E-state index contributed by atoms with van der Waals surface area (Å²) in [5, 5.41) is 11.9. The molecule has 5 heteroatoms. The van der Waals surface area contributed by atoms with Crippen LogP contribution in [0.2, 0.25) is 0 Å². The first-order valence-electron chi connectivity index (χ1n) is 7.77. The minimum atomic E-state index is -0.788. The molecule has 0 N–H and O–H groups in total. The molecule has 2 heterocycles. The number of likely N-dealkylation sites (tertiary alicyclic amines) is 2. The fraction of sp³-hybridized carbons (Fsp3) is 0.933. The zero-order valence-corrected chi connectivity index (χ0v) is 12.9. The van der Waals surface area contributed by atoms with Crippen molar-refractivity contribution in [3.05, 3.63) is 0 Å². The lowest BCUT2D eigenvalue weighted by Crippen LogP contribution is -2.44. The van der Waals surface area contributed by atoms with Crippen molar-refractivity contribution in [3.63, 3.8) is 0 Å². The number of piperidine rings is 1. The zero-order chi connectivity index (χ0) is 14.7. The largest absolute Gasteiger partial charge is 0.355 e. The maximum Gasteiger partial charge on any atom is 0.221 e. The Morgan fingerprint density at radius 3 is 2.70 bits per heavy atom. The zero-order valence-electron chi connectivity index (χ0n) is 12.9. The summed E-state index contributed by atoms with van der Waals surface area (Å²) < 4.78 is 5.82. The van der Waals surface area contributed by atoms with E-state index >= 15 is 0 Å². The predicted molar refractivity (Wildman–Crippen MR) is 75.7 cm³/mol. The van der Waals surface area contributed by atoms with Crippen LogP contribution in [0.15, 0.2) is 0 Å². The molecule has 0 aromatic heterocycles. The summed E-state index contributed by atoms with van der Waals surface area (Å²) in [4.78, 5) is 15.5. The van der Waals surface area contributed by atoms with Gasteiger partial charge in [0.25, 0.3) is 0 Å². The van der Waals surface area contributed by atoms with Crippen LogP contribution >= 0.6 is 0 Å². The second kappa shape index (κ2) is 6.87. The number of rotatable bonds is 4. The van der Waals surface area contributed by atoms with E-state index in [0.717, 1.165) is 19.5 Å². The first-order chi connectivity index (χ1) is 9.49. The third kappa shape index (κ3) is 3.71. The fourth-order valence-electron chi connectivity index (χ4n) is 3.21. The molecule has 20 heavy (non-hydrogen) atoms. The molecule has 115 valence electrons. The van der Waals surface area contributed by atoms with Gasteiger partial charge in [0.15, 0.2) is 6.23 Å². The molecule has 1 amide bonds. The summed E-state index contributed by atoms with van der Waals surface area (Å²) in [5.74, 6) is 0.425. The molecule has 0 aromatic carbocycles. The highest BCUT2D eigenvalue weighted by molar-refractivity contribution is 5.73. The van der Waals surface area contributed by atoms with Crippen LogP contribution in [-0.2, 0) is 14.6 Å². The van der Waals surface area contributed by atoms with Gasteiger partial charge in [-0.1, -0.05) is 0 Å². The molecule has 0 bridgehead atoms. The summed E-state index contributed by atoms with van der Waals surface area (Å²) in [7, 11) is 0. The van der Waals surface area contributed by atoms with Crippen LogP contribution in [-0.4, -0.2) is 60.3 Å². The molecule has 2 saturated heterocycles. The summed E-state index contributed by atoms with van der Waals surface area (Å²) in [6, 6.07) is 0.560. The Hall–Kier alpha value is -0.650. The lowest BCUT2D eigenvalue weighted by atomic mass is 9.98. The van der Waals surface area contributed by atoms with Crippen LogP contribution in [0.5, 0.6) is 0 Å². The van der Waals surface area contributed by atoms with Crippen molar-refractivity contribution in [2.75, 3.05) is 26.2 Å². The van der Waals surface area contributed by atoms with E-state index in [9.17, 15) is 9.90 Å². The van der Waals surface area contributed by atoms with Gasteiger partial charge < -0.3 is 14.5 Å². The van der Waals surface area contributed by atoms with Gasteiger partial charge in [-0.15, -0.1) is 0 Å². The summed E-state index contributed by atoms with van der Waals surface area (Å²) in [6.07, 6.45) is 1.51. The topological polar surface area (TPSA) is 52.7 Å². The van der Waals surface area contributed by atoms with Crippen LogP contribution in [0.1, 0.15) is 40.0 Å². The SMILES string of the molecule is CC(=O)N1CCC([O])C1OCC1CCCN(C(C)C)C1. The van der Waals surface area contributed by atoms with Crippen molar-refractivity contribution in [3.8, 4) is 0 Å². The lowest BCUT2D eigenvalue weighted by molar-refractivity contribution is -0.153. The number of amides is 1.